The van der Waals surface area contributed by atoms with Crippen LogP contribution < -0.4 is 0 Å². The van der Waals surface area contributed by atoms with E-state index in [1.165, 1.54) is 30.9 Å². The van der Waals surface area contributed by atoms with Gasteiger partial charge in [0.05, 0.1) is 16.9 Å². The van der Waals surface area contributed by atoms with Gasteiger partial charge in [-0.3, -0.25) is 15.0 Å². The first-order valence-corrected chi connectivity index (χ1v) is 13.7. The van der Waals surface area contributed by atoms with Crippen molar-refractivity contribution in [1.29, 1.82) is 0 Å². The van der Waals surface area contributed by atoms with E-state index in [1.54, 1.807) is 12.1 Å². The molecular formula is C30H29FN6S. The van der Waals surface area contributed by atoms with Gasteiger partial charge in [0.25, 0.3) is 0 Å². The molecule has 5 aromatic heterocycles. The van der Waals surface area contributed by atoms with Gasteiger partial charge in [-0.15, -0.1) is 11.3 Å². The van der Waals surface area contributed by atoms with E-state index < -0.39 is 0 Å². The highest BCUT2D eigenvalue weighted by Crippen LogP contribution is 2.35. The lowest BCUT2D eigenvalue weighted by Crippen LogP contribution is -2.29. The van der Waals surface area contributed by atoms with Crippen molar-refractivity contribution in [1.82, 2.24) is 30.0 Å². The van der Waals surface area contributed by atoms with Crippen molar-refractivity contribution in [2.75, 3.05) is 13.1 Å². The first kappa shape index (κ1) is 24.5. The number of hydrogen-bond donors (Lipinski definition) is 2. The fourth-order valence-electron chi connectivity index (χ4n) is 5.18. The van der Waals surface area contributed by atoms with Crippen LogP contribution in [0.2, 0.25) is 0 Å². The second-order valence-corrected chi connectivity index (χ2v) is 10.8. The molecule has 0 amide bonds. The highest BCUT2D eigenvalue weighted by Gasteiger charge is 2.18. The molecule has 6 heterocycles. The molecule has 6 nitrogen and oxygen atoms in total. The normalized spacial score (nSPS) is 14.8. The molecule has 0 atom stereocenters. The molecule has 0 unspecified atom stereocenters. The molecule has 5 aromatic rings. The van der Waals surface area contributed by atoms with Gasteiger partial charge in [0.15, 0.2) is 5.13 Å². The number of hydrogen-bond acceptors (Lipinski definition) is 5. The number of nitrogens with zero attached hydrogens (tertiary/aromatic N) is 4. The number of fused-ring (bicyclic) bond motifs is 1. The Morgan fingerprint density at radius 2 is 2.00 bits per heavy atom. The van der Waals surface area contributed by atoms with Crippen molar-refractivity contribution in [3.8, 4) is 22.6 Å². The number of nitrogens with one attached hydrogen (secondary N) is 2. The maximum absolute atomic E-state index is 13.8. The first-order valence-electron chi connectivity index (χ1n) is 12.9. The molecule has 1 fully saturated rings. The average molecular weight is 525 g/mol. The summed E-state index contributed by atoms with van der Waals surface area (Å²) in [6.45, 7) is 9.07. The summed E-state index contributed by atoms with van der Waals surface area (Å²) >= 11 is 1.12. The largest absolute Gasteiger partial charge is 0.357 e. The summed E-state index contributed by atoms with van der Waals surface area (Å²) in [6, 6.07) is 11.6. The van der Waals surface area contributed by atoms with Gasteiger partial charge < -0.3 is 4.98 Å². The van der Waals surface area contributed by atoms with Crippen molar-refractivity contribution in [3.63, 3.8) is 0 Å². The number of piperidine rings is 1. The minimum absolute atomic E-state index is 0.215. The van der Waals surface area contributed by atoms with Crippen molar-refractivity contribution >= 4 is 27.9 Å². The van der Waals surface area contributed by atoms with Crippen molar-refractivity contribution < 1.29 is 4.39 Å². The maximum Gasteiger partial charge on any atom is 0.176 e. The van der Waals surface area contributed by atoms with E-state index in [0.717, 1.165) is 86.4 Å². The number of halogens is 1. The smallest absolute Gasteiger partial charge is 0.176 e. The van der Waals surface area contributed by atoms with E-state index in [0.29, 0.717) is 0 Å². The van der Waals surface area contributed by atoms with Crippen LogP contribution in [0.15, 0.2) is 67.5 Å². The van der Waals surface area contributed by atoms with Crippen LogP contribution in [0, 0.1) is 12.1 Å². The number of likely N-dealkylation sites (tertiary alicyclic amines) is 1. The van der Waals surface area contributed by atoms with E-state index in [2.05, 4.69) is 37.7 Å². The zero-order valence-electron chi connectivity index (χ0n) is 21.3. The Labute approximate surface area is 225 Å². The van der Waals surface area contributed by atoms with Crippen molar-refractivity contribution in [2.45, 2.75) is 32.7 Å². The third-order valence-electron chi connectivity index (χ3n) is 7.04. The number of thiophene rings is 1. The molecule has 6 rings (SSSR count). The number of aryl methyl sites for hydroxylation is 1. The molecule has 8 heteroatoms. The number of aromatic amines is 2. The Balaban J connectivity index is 1.34. The van der Waals surface area contributed by atoms with E-state index in [1.807, 2.05) is 43.6 Å². The van der Waals surface area contributed by atoms with Crippen molar-refractivity contribution in [2.24, 2.45) is 0 Å². The predicted octanol–water partition coefficient (Wildman–Crippen LogP) is 7.13. The summed E-state index contributed by atoms with van der Waals surface area (Å²) in [6.07, 6.45) is 11.3. The molecule has 0 aliphatic carbocycles. The van der Waals surface area contributed by atoms with Gasteiger partial charge in [-0.25, -0.2) is 4.98 Å². The zero-order chi connectivity index (χ0) is 26.1. The molecule has 192 valence electrons. The van der Waals surface area contributed by atoms with E-state index in [4.69, 9.17) is 4.98 Å². The van der Waals surface area contributed by atoms with Gasteiger partial charge in [-0.05, 0) is 74.8 Å². The molecule has 0 radical (unpaired) electrons. The van der Waals surface area contributed by atoms with Gasteiger partial charge in [0.2, 0.25) is 0 Å². The van der Waals surface area contributed by atoms with Crippen molar-refractivity contribution in [3.05, 3.63) is 94.4 Å². The second kappa shape index (κ2) is 10.5. The van der Waals surface area contributed by atoms with Gasteiger partial charge in [0, 0.05) is 46.2 Å². The highest BCUT2D eigenvalue weighted by atomic mass is 32.1. The number of pyridine rings is 2. The maximum atomic E-state index is 13.8. The van der Waals surface area contributed by atoms with Gasteiger partial charge in [-0.1, -0.05) is 25.2 Å². The molecule has 1 aliphatic rings. The van der Waals surface area contributed by atoms with E-state index >= 15 is 0 Å². The number of H-pyrrole nitrogens is 2. The Kier molecular flexibility index (Phi) is 6.74. The number of aromatic nitrogens is 5. The second-order valence-electron chi connectivity index (χ2n) is 9.73. The molecule has 0 bridgehead atoms. The molecule has 0 saturated carbocycles. The highest BCUT2D eigenvalue weighted by molar-refractivity contribution is 7.11. The molecular weight excluding hydrogens is 495 g/mol. The summed E-state index contributed by atoms with van der Waals surface area (Å²) in [5.41, 5.74) is 9.14. The molecule has 1 aliphatic heterocycles. The van der Waals surface area contributed by atoms with Crippen LogP contribution in [0.25, 0.3) is 39.3 Å². The van der Waals surface area contributed by atoms with Gasteiger partial charge in [-0.2, -0.15) is 9.49 Å². The zero-order valence-corrected chi connectivity index (χ0v) is 22.1. The minimum atomic E-state index is -0.215. The fourth-order valence-corrected chi connectivity index (χ4v) is 5.95. The number of allylic oxidation sites excluding steroid dienone is 2. The van der Waals surface area contributed by atoms with E-state index in [9.17, 15) is 4.39 Å². The van der Waals surface area contributed by atoms with Crippen LogP contribution in [0.5, 0.6) is 0 Å². The average Bonchev–Trinajstić information content (AvgIpc) is 3.66. The molecule has 1 saturated heterocycles. The van der Waals surface area contributed by atoms with Crippen LogP contribution in [0.4, 0.5) is 4.39 Å². The lowest BCUT2D eigenvalue weighted by atomic mass is 10.0. The van der Waals surface area contributed by atoms with Gasteiger partial charge in [0.1, 0.15) is 11.2 Å². The third-order valence-corrected chi connectivity index (χ3v) is 7.94. The quantitative estimate of drug-likeness (QED) is 0.222. The Morgan fingerprint density at radius 3 is 2.79 bits per heavy atom. The standard InChI is InChI=1S/C30H29FN6S/c1-3-7-22(27-10-11-28(31)38-27)23-15-26(33-19(23)2)30-29-25(35-36-30)9-8-24(34-29)21-14-20(16-32-17-21)18-37-12-5-4-6-13-37/h3,7-11,14-17,33H,1,4-6,12-13,18H2,2H3,(H,35,36)/b22-7+. The third kappa shape index (κ3) is 4.85. The fraction of sp³-hybridized carbons (Fsp3) is 0.233. The summed E-state index contributed by atoms with van der Waals surface area (Å²) < 4.78 is 13.8. The van der Waals surface area contributed by atoms with E-state index in [-0.39, 0.29) is 5.13 Å². The Bertz CT molecular complexity index is 1640. The summed E-state index contributed by atoms with van der Waals surface area (Å²) in [7, 11) is 0. The Hall–Kier alpha value is -3.88. The number of rotatable bonds is 7. The minimum Gasteiger partial charge on any atom is -0.357 e. The predicted molar refractivity (Wildman–Crippen MR) is 152 cm³/mol. The van der Waals surface area contributed by atoms with Crippen LogP contribution in [0.3, 0.4) is 0 Å². The lowest BCUT2D eigenvalue weighted by Gasteiger charge is -2.26. The summed E-state index contributed by atoms with van der Waals surface area (Å²) in [4.78, 5) is 16.3. The Morgan fingerprint density at radius 1 is 1.13 bits per heavy atom. The topological polar surface area (TPSA) is 73.5 Å². The molecule has 0 spiro atoms. The first-order chi connectivity index (χ1) is 18.6. The molecule has 0 aromatic carbocycles. The summed E-state index contributed by atoms with van der Waals surface area (Å²) in [5.74, 6) is 0. The van der Waals surface area contributed by atoms with Crippen LogP contribution >= 0.6 is 11.3 Å². The lowest BCUT2D eigenvalue weighted by molar-refractivity contribution is 0.220. The molecule has 38 heavy (non-hydrogen) atoms. The van der Waals surface area contributed by atoms with Crippen LogP contribution in [-0.2, 0) is 6.54 Å². The van der Waals surface area contributed by atoms with Crippen LogP contribution in [0.1, 0.15) is 41.0 Å². The monoisotopic (exact) mass is 524 g/mol. The summed E-state index contributed by atoms with van der Waals surface area (Å²) in [5, 5.41) is 7.49. The van der Waals surface area contributed by atoms with Gasteiger partial charge >= 0.3 is 0 Å². The van der Waals surface area contributed by atoms with Crippen LogP contribution in [-0.4, -0.2) is 43.1 Å². The molecule has 2 N–H and O–H groups in total. The SMILES string of the molecule is C=C/C=C(/c1ccc(F)s1)c1cc(-c2n[nH]c3ccc(-c4cncc(CN5CCCCC5)c4)nc23)[nH]c1C.